The average Bonchev–Trinajstić information content (AvgIpc) is 2.83. The molecule has 0 fully saturated rings. The fourth-order valence-electron chi connectivity index (χ4n) is 3.30. The second kappa shape index (κ2) is 12.2. The van der Waals surface area contributed by atoms with Gasteiger partial charge in [-0.1, -0.05) is 6.92 Å². The van der Waals surface area contributed by atoms with Gasteiger partial charge >= 0.3 is 52.9 Å². The summed E-state index contributed by atoms with van der Waals surface area (Å²) in [6.07, 6.45) is -9.38. The second-order valence-electron chi connectivity index (χ2n) is 9.89. The zero-order chi connectivity index (χ0) is 36.9. The molecule has 0 heterocycles. The van der Waals surface area contributed by atoms with Crippen LogP contribution in [0, 0.1) is 0 Å². The smallest absolute Gasteiger partial charge is 0.460 e. The van der Waals surface area contributed by atoms with E-state index in [-0.39, 0.29) is 11.0 Å². The van der Waals surface area contributed by atoms with Crippen molar-refractivity contribution in [2.24, 2.45) is 0 Å². The van der Waals surface area contributed by atoms with Gasteiger partial charge in [-0.3, -0.25) is 0 Å². The maximum absolute atomic E-state index is 14.5. The van der Waals surface area contributed by atoms with Crippen molar-refractivity contribution in [1.82, 2.24) is 4.31 Å². The summed E-state index contributed by atoms with van der Waals surface area (Å²) in [5.41, 5.74) is 0. The van der Waals surface area contributed by atoms with Crippen LogP contribution in [0.1, 0.15) is 19.8 Å². The van der Waals surface area contributed by atoms with E-state index in [0.717, 1.165) is 0 Å². The number of quaternary nitrogens is 1. The molecule has 0 rings (SSSR count). The third-order valence-corrected chi connectivity index (χ3v) is 8.22. The molecule has 0 spiro atoms. The number of nitrogens with zero attached hydrogens (tertiary/aromatic N) is 2. The van der Waals surface area contributed by atoms with Gasteiger partial charge in [-0.15, -0.1) is 0 Å². The van der Waals surface area contributed by atoms with Gasteiger partial charge in [0.2, 0.25) is 0 Å². The Morgan fingerprint density at radius 1 is 0.622 bits per heavy atom. The van der Waals surface area contributed by atoms with Crippen molar-refractivity contribution in [3.8, 4) is 0 Å². The van der Waals surface area contributed by atoms with Gasteiger partial charge < -0.3 is 14.4 Å². The highest BCUT2D eigenvalue weighted by Crippen LogP contribution is 2.65. The van der Waals surface area contributed by atoms with E-state index in [1.165, 1.54) is 14.1 Å². The normalized spacial score (nSPS) is 16.0. The van der Waals surface area contributed by atoms with E-state index in [1.54, 1.807) is 0 Å². The standard InChI is InChI=1S/C19H21F19N2O4S/c1-4-39(7-5-8-40(2,3)9-6-10(41)42)45(43,44)19(37,38)17(32,33)15(28,29)13(24,25)11(20,21)12(22,23)14(26,27)16(30,31)18(34,35)36/h4-9H2,1-3H3. The molecule has 0 aliphatic heterocycles. The fourth-order valence-corrected chi connectivity index (χ4v) is 4.79. The van der Waals surface area contributed by atoms with Crippen LogP contribution in [0.25, 0.3) is 0 Å². The molecule has 0 aromatic heterocycles. The lowest BCUT2D eigenvalue weighted by Gasteiger charge is -2.43. The van der Waals surface area contributed by atoms with Crippen molar-refractivity contribution in [3.05, 3.63) is 0 Å². The molecular weight excluding hydrogens is 713 g/mol. The van der Waals surface area contributed by atoms with E-state index >= 15 is 0 Å². The van der Waals surface area contributed by atoms with E-state index in [9.17, 15) is 102 Å². The summed E-state index contributed by atoms with van der Waals surface area (Å²) < 4.78 is 280. The van der Waals surface area contributed by atoms with Crippen LogP contribution in [0.15, 0.2) is 0 Å². The lowest BCUT2D eigenvalue weighted by atomic mass is 9.89. The van der Waals surface area contributed by atoms with Gasteiger partial charge in [0, 0.05) is 31.9 Å². The van der Waals surface area contributed by atoms with E-state index in [4.69, 9.17) is 0 Å². The van der Waals surface area contributed by atoms with Crippen LogP contribution in [0.4, 0.5) is 83.4 Å². The molecule has 0 amide bonds. The van der Waals surface area contributed by atoms with Crippen molar-refractivity contribution < 1.29 is 106 Å². The Morgan fingerprint density at radius 2 is 0.956 bits per heavy atom. The van der Waals surface area contributed by atoms with Gasteiger partial charge in [0.05, 0.1) is 27.2 Å². The average molecular weight is 734 g/mol. The molecule has 0 saturated heterocycles. The van der Waals surface area contributed by atoms with Crippen LogP contribution in [0.2, 0.25) is 0 Å². The van der Waals surface area contributed by atoms with Gasteiger partial charge in [0.15, 0.2) is 0 Å². The summed E-state index contributed by atoms with van der Waals surface area (Å²) in [6, 6.07) is 0. The highest BCUT2D eigenvalue weighted by molar-refractivity contribution is 7.90. The van der Waals surface area contributed by atoms with Crippen molar-refractivity contribution in [2.45, 2.75) is 72.7 Å². The van der Waals surface area contributed by atoms with Crippen molar-refractivity contribution in [3.63, 3.8) is 0 Å². The molecule has 6 nitrogen and oxygen atoms in total. The molecular formula is C19H21F19N2O4S. The van der Waals surface area contributed by atoms with Crippen LogP contribution >= 0.6 is 0 Å². The van der Waals surface area contributed by atoms with Crippen molar-refractivity contribution >= 4 is 16.0 Å². The molecule has 0 aliphatic rings. The van der Waals surface area contributed by atoms with Crippen LogP contribution in [0.3, 0.4) is 0 Å². The third-order valence-electron chi connectivity index (χ3n) is 6.20. The maximum Gasteiger partial charge on any atom is 0.460 e. The van der Waals surface area contributed by atoms with Crippen LogP contribution in [-0.2, 0) is 14.8 Å². The molecule has 0 unspecified atom stereocenters. The summed E-state index contributed by atoms with van der Waals surface area (Å²) >= 11 is 0. The maximum atomic E-state index is 14.5. The predicted octanol–water partition coefficient (Wildman–Crippen LogP) is 4.85. The number of alkyl halides is 19. The highest BCUT2D eigenvalue weighted by Gasteiger charge is 2.97. The zero-order valence-electron chi connectivity index (χ0n) is 22.4. The first kappa shape index (κ1) is 43.0. The number of carbonyl (C=O) groups excluding carboxylic acids is 1. The lowest BCUT2D eigenvalue weighted by Crippen LogP contribution is -2.76. The Hall–Kier alpha value is -1.99. The Morgan fingerprint density at radius 3 is 1.27 bits per heavy atom. The Kier molecular flexibility index (Phi) is 11.7. The summed E-state index contributed by atoms with van der Waals surface area (Å²) in [6.45, 7) is -2.97. The number of rotatable bonds is 17. The molecule has 270 valence electrons. The fraction of sp³-hybridized carbons (Fsp3) is 0.947. The molecule has 0 saturated carbocycles. The number of hydrogen-bond acceptors (Lipinski definition) is 4. The largest absolute Gasteiger partial charge is 0.550 e. The van der Waals surface area contributed by atoms with Crippen LogP contribution in [-0.4, -0.2) is 116 Å². The molecule has 0 aliphatic carbocycles. The number of halogens is 19. The van der Waals surface area contributed by atoms with Gasteiger partial charge in [0.25, 0.3) is 10.0 Å². The molecule has 0 N–H and O–H groups in total. The minimum absolute atomic E-state index is 0.288. The predicted molar refractivity (Wildman–Crippen MR) is 108 cm³/mol. The van der Waals surface area contributed by atoms with Gasteiger partial charge in [0.1, 0.15) is 0 Å². The SMILES string of the molecule is CCN(CCC[N+](C)(C)CCC(=O)[O-])S(=O)(=O)C(F)(F)C(F)(F)C(F)(F)C(F)(F)C(F)(F)C(F)(F)C(F)(F)C(F)(F)C(F)(F)F. The van der Waals surface area contributed by atoms with E-state index in [1.807, 2.05) is 0 Å². The third kappa shape index (κ3) is 6.72. The molecule has 45 heavy (non-hydrogen) atoms. The molecule has 0 radical (unpaired) electrons. The first-order chi connectivity index (χ1) is 19.3. The quantitative estimate of drug-likeness (QED) is 0.158. The monoisotopic (exact) mass is 734 g/mol. The van der Waals surface area contributed by atoms with E-state index in [2.05, 4.69) is 0 Å². The van der Waals surface area contributed by atoms with Gasteiger partial charge in [-0.25, -0.2) is 8.42 Å². The highest BCUT2D eigenvalue weighted by atomic mass is 32.2. The summed E-state index contributed by atoms with van der Waals surface area (Å²) in [5, 5.41) is 2.80. The molecule has 0 atom stereocenters. The molecule has 0 aromatic rings. The zero-order valence-corrected chi connectivity index (χ0v) is 23.2. The molecule has 26 heteroatoms. The van der Waals surface area contributed by atoms with Crippen LogP contribution in [0.5, 0.6) is 0 Å². The van der Waals surface area contributed by atoms with Crippen molar-refractivity contribution in [1.29, 1.82) is 0 Å². The molecule has 0 aromatic carbocycles. The minimum Gasteiger partial charge on any atom is -0.550 e. The van der Waals surface area contributed by atoms with E-state index in [0.29, 0.717) is 6.92 Å². The number of hydrogen-bond donors (Lipinski definition) is 0. The Labute approximate surface area is 240 Å². The summed E-state index contributed by atoms with van der Waals surface area (Å²) in [7, 11) is -4.99. The summed E-state index contributed by atoms with van der Waals surface area (Å²) in [5.74, 6) is -63.7. The van der Waals surface area contributed by atoms with Crippen molar-refractivity contribution in [2.75, 3.05) is 40.3 Å². The first-order valence-corrected chi connectivity index (χ1v) is 12.9. The minimum atomic E-state index is -9.16. The summed E-state index contributed by atoms with van der Waals surface area (Å²) in [4.78, 5) is 10.5. The number of carbonyl (C=O) groups is 1. The Bertz CT molecular complexity index is 1170. The lowest BCUT2D eigenvalue weighted by molar-refractivity contribution is -0.890. The van der Waals surface area contributed by atoms with Crippen LogP contribution < -0.4 is 5.11 Å². The van der Waals surface area contributed by atoms with E-state index < -0.39 is 106 Å². The number of sulfonamides is 1. The Balaban J connectivity index is 6.78. The molecule has 0 bridgehead atoms. The number of carboxylic acids is 1. The number of aliphatic carboxylic acids is 1. The number of carboxylic acid groups (broad SMARTS) is 1. The van der Waals surface area contributed by atoms with Gasteiger partial charge in [-0.2, -0.15) is 87.7 Å². The first-order valence-electron chi connectivity index (χ1n) is 11.4. The second-order valence-corrected chi connectivity index (χ2v) is 11.9. The van der Waals surface area contributed by atoms with Gasteiger partial charge in [-0.05, 0) is 0 Å². The topological polar surface area (TPSA) is 77.5 Å².